The quantitative estimate of drug-likeness (QED) is 0.676. The first-order valence-electron chi connectivity index (χ1n) is 8.97. The second-order valence-electron chi connectivity index (χ2n) is 6.59. The molecule has 1 aromatic heterocycles. The predicted molar refractivity (Wildman–Crippen MR) is 103 cm³/mol. The molecule has 1 amide bonds. The van der Waals surface area contributed by atoms with Gasteiger partial charge in [-0.25, -0.2) is 4.98 Å². The molecule has 0 unspecified atom stereocenters. The number of nitrogens with zero attached hydrogens (tertiary/aromatic N) is 1. The molecule has 1 heterocycles. The van der Waals surface area contributed by atoms with E-state index in [4.69, 9.17) is 4.74 Å². The van der Waals surface area contributed by atoms with Gasteiger partial charge >= 0.3 is 0 Å². The molecule has 0 fully saturated rings. The summed E-state index contributed by atoms with van der Waals surface area (Å²) in [5, 5.41) is 3.16. The Morgan fingerprint density at radius 2 is 1.92 bits per heavy atom. The fourth-order valence-electron chi connectivity index (χ4n) is 2.99. The highest BCUT2D eigenvalue weighted by atomic mass is 16.5. The van der Waals surface area contributed by atoms with Crippen molar-refractivity contribution in [1.29, 1.82) is 0 Å². The maximum atomic E-state index is 12.6. The highest BCUT2D eigenvalue weighted by Gasteiger charge is 2.23. The highest BCUT2D eigenvalue weighted by molar-refractivity contribution is 5.79. The lowest BCUT2D eigenvalue weighted by Crippen LogP contribution is -2.34. The van der Waals surface area contributed by atoms with Crippen LogP contribution < -0.4 is 10.1 Å². The minimum Gasteiger partial charge on any atom is -0.497 e. The summed E-state index contributed by atoms with van der Waals surface area (Å²) in [5.74, 6) is 1.86. The van der Waals surface area contributed by atoms with Crippen LogP contribution in [0.4, 0.5) is 0 Å². The summed E-state index contributed by atoms with van der Waals surface area (Å²) in [6.07, 6.45) is 1.28. The van der Waals surface area contributed by atoms with E-state index < -0.39 is 0 Å². The number of para-hydroxylation sites is 2. The number of aromatic amines is 1. The average Bonchev–Trinajstić information content (AvgIpc) is 3.10. The van der Waals surface area contributed by atoms with Gasteiger partial charge < -0.3 is 15.0 Å². The van der Waals surface area contributed by atoms with Crippen molar-refractivity contribution in [3.05, 3.63) is 59.9 Å². The standard InChI is InChI=1S/C21H25N3O2/c1-4-14(2)20(21-22-17-7-5-6-8-18(17)23-21)24-19(25)13-15-9-11-16(26-3)12-10-15/h5-12,14,20H,4,13H2,1-3H3,(H,22,23)(H,24,25)/t14-,20-/m0/s1. The number of rotatable bonds is 7. The lowest BCUT2D eigenvalue weighted by molar-refractivity contribution is -0.121. The molecule has 3 aromatic rings. The van der Waals surface area contributed by atoms with E-state index in [1.165, 1.54) is 0 Å². The number of hydrogen-bond donors (Lipinski definition) is 2. The van der Waals surface area contributed by atoms with Crippen molar-refractivity contribution < 1.29 is 9.53 Å². The Balaban J connectivity index is 1.76. The van der Waals surface area contributed by atoms with Crippen molar-refractivity contribution in [3.8, 4) is 5.75 Å². The minimum atomic E-state index is -0.141. The fourth-order valence-corrected chi connectivity index (χ4v) is 2.99. The molecule has 0 bridgehead atoms. The maximum absolute atomic E-state index is 12.6. The Bertz CT molecular complexity index is 837. The zero-order valence-electron chi connectivity index (χ0n) is 15.5. The van der Waals surface area contributed by atoms with Crippen LogP contribution >= 0.6 is 0 Å². The van der Waals surface area contributed by atoms with E-state index in [2.05, 4.69) is 29.1 Å². The average molecular weight is 351 g/mol. The molecule has 136 valence electrons. The van der Waals surface area contributed by atoms with E-state index in [0.29, 0.717) is 6.42 Å². The van der Waals surface area contributed by atoms with Crippen molar-refractivity contribution in [2.45, 2.75) is 32.7 Å². The smallest absolute Gasteiger partial charge is 0.225 e. The number of benzene rings is 2. The SMILES string of the molecule is CC[C@H](C)[C@H](NC(=O)Cc1ccc(OC)cc1)c1nc2ccccc2[nH]1. The molecule has 0 saturated heterocycles. The molecule has 0 saturated carbocycles. The summed E-state index contributed by atoms with van der Waals surface area (Å²) >= 11 is 0. The van der Waals surface area contributed by atoms with Crippen molar-refractivity contribution in [2.24, 2.45) is 5.92 Å². The van der Waals surface area contributed by atoms with Crippen molar-refractivity contribution in [3.63, 3.8) is 0 Å². The molecule has 0 aliphatic rings. The Labute approximate surface area is 153 Å². The van der Waals surface area contributed by atoms with E-state index in [1.807, 2.05) is 48.5 Å². The fraction of sp³-hybridized carbons (Fsp3) is 0.333. The molecule has 5 nitrogen and oxygen atoms in total. The molecule has 0 aliphatic heterocycles. The number of hydrogen-bond acceptors (Lipinski definition) is 3. The van der Waals surface area contributed by atoms with Crippen LogP contribution in [-0.4, -0.2) is 23.0 Å². The lowest BCUT2D eigenvalue weighted by atomic mass is 9.98. The van der Waals surface area contributed by atoms with Crippen LogP contribution in [0.2, 0.25) is 0 Å². The van der Waals surface area contributed by atoms with E-state index in [0.717, 1.165) is 34.6 Å². The lowest BCUT2D eigenvalue weighted by Gasteiger charge is -2.22. The Morgan fingerprint density at radius 3 is 2.58 bits per heavy atom. The number of H-pyrrole nitrogens is 1. The molecular formula is C21H25N3O2. The van der Waals surface area contributed by atoms with Crippen molar-refractivity contribution in [1.82, 2.24) is 15.3 Å². The third kappa shape index (κ3) is 4.04. The minimum absolute atomic E-state index is 0.0130. The Hall–Kier alpha value is -2.82. The molecule has 3 rings (SSSR count). The third-order valence-electron chi connectivity index (χ3n) is 4.76. The van der Waals surface area contributed by atoms with Gasteiger partial charge in [-0.05, 0) is 35.7 Å². The summed E-state index contributed by atoms with van der Waals surface area (Å²) in [6.45, 7) is 4.25. The monoisotopic (exact) mass is 351 g/mol. The maximum Gasteiger partial charge on any atom is 0.225 e. The van der Waals surface area contributed by atoms with Gasteiger partial charge in [0, 0.05) is 0 Å². The molecular weight excluding hydrogens is 326 g/mol. The summed E-state index contributed by atoms with van der Waals surface area (Å²) in [7, 11) is 1.63. The van der Waals surface area contributed by atoms with E-state index >= 15 is 0 Å². The normalized spacial score (nSPS) is 13.3. The van der Waals surface area contributed by atoms with Crippen LogP contribution in [-0.2, 0) is 11.2 Å². The molecule has 5 heteroatoms. The molecule has 0 spiro atoms. The van der Waals surface area contributed by atoms with E-state index in [9.17, 15) is 4.79 Å². The van der Waals surface area contributed by atoms with Gasteiger partial charge in [-0.15, -0.1) is 0 Å². The third-order valence-corrected chi connectivity index (χ3v) is 4.76. The first-order valence-corrected chi connectivity index (χ1v) is 8.97. The van der Waals surface area contributed by atoms with Gasteiger partial charge in [-0.2, -0.15) is 0 Å². The Morgan fingerprint density at radius 1 is 1.19 bits per heavy atom. The second kappa shape index (κ2) is 8.04. The van der Waals surface area contributed by atoms with Gasteiger partial charge in [0.25, 0.3) is 0 Å². The van der Waals surface area contributed by atoms with E-state index in [-0.39, 0.29) is 17.9 Å². The van der Waals surface area contributed by atoms with Crippen LogP contribution in [0.1, 0.15) is 37.7 Å². The first kappa shape index (κ1) is 18.0. The predicted octanol–water partition coefficient (Wildman–Crippen LogP) is 4.02. The summed E-state index contributed by atoms with van der Waals surface area (Å²) in [5.41, 5.74) is 2.86. The number of carbonyl (C=O) groups is 1. The van der Waals surface area contributed by atoms with Gasteiger partial charge in [-0.3, -0.25) is 4.79 Å². The van der Waals surface area contributed by atoms with E-state index in [1.54, 1.807) is 7.11 Å². The number of aromatic nitrogens is 2. The number of carbonyl (C=O) groups excluding carboxylic acids is 1. The zero-order chi connectivity index (χ0) is 18.5. The van der Waals surface area contributed by atoms with Gasteiger partial charge in [0.05, 0.1) is 30.6 Å². The molecule has 2 aromatic carbocycles. The number of fused-ring (bicyclic) bond motifs is 1. The van der Waals surface area contributed by atoms with Crippen LogP contribution in [0, 0.1) is 5.92 Å². The van der Waals surface area contributed by atoms with Gasteiger partial charge in [-0.1, -0.05) is 44.5 Å². The molecule has 26 heavy (non-hydrogen) atoms. The highest BCUT2D eigenvalue weighted by Crippen LogP contribution is 2.24. The van der Waals surface area contributed by atoms with Crippen LogP contribution in [0.5, 0.6) is 5.75 Å². The number of imidazole rings is 1. The molecule has 2 atom stereocenters. The zero-order valence-corrected chi connectivity index (χ0v) is 15.5. The summed E-state index contributed by atoms with van der Waals surface area (Å²) < 4.78 is 5.16. The molecule has 2 N–H and O–H groups in total. The van der Waals surface area contributed by atoms with Gasteiger partial charge in [0.15, 0.2) is 0 Å². The Kier molecular flexibility index (Phi) is 5.56. The van der Waals surface area contributed by atoms with Crippen LogP contribution in [0.25, 0.3) is 11.0 Å². The number of amides is 1. The van der Waals surface area contributed by atoms with Crippen molar-refractivity contribution in [2.75, 3.05) is 7.11 Å². The summed E-state index contributed by atoms with van der Waals surface area (Å²) in [6, 6.07) is 15.3. The van der Waals surface area contributed by atoms with Gasteiger partial charge in [0.1, 0.15) is 11.6 Å². The molecule has 0 aliphatic carbocycles. The topological polar surface area (TPSA) is 67.0 Å². The summed E-state index contributed by atoms with van der Waals surface area (Å²) in [4.78, 5) is 20.6. The number of ether oxygens (including phenoxy) is 1. The first-order chi connectivity index (χ1) is 12.6. The second-order valence-corrected chi connectivity index (χ2v) is 6.59. The number of nitrogens with one attached hydrogen (secondary N) is 2. The molecule has 0 radical (unpaired) electrons. The van der Waals surface area contributed by atoms with Gasteiger partial charge in [0.2, 0.25) is 5.91 Å². The largest absolute Gasteiger partial charge is 0.497 e. The number of methoxy groups -OCH3 is 1. The van der Waals surface area contributed by atoms with Crippen LogP contribution in [0.3, 0.4) is 0 Å². The van der Waals surface area contributed by atoms with Crippen molar-refractivity contribution >= 4 is 16.9 Å². The van der Waals surface area contributed by atoms with Crippen LogP contribution in [0.15, 0.2) is 48.5 Å².